The molecule has 4 rings (SSSR count). The number of anilines is 1. The minimum atomic E-state index is -0.0492. The molecule has 4 heteroatoms. The fourth-order valence-electron chi connectivity index (χ4n) is 3.99. The molecule has 0 radical (unpaired) electrons. The highest BCUT2D eigenvalue weighted by Crippen LogP contribution is 2.23. The average molecular weight is 413 g/mol. The van der Waals surface area contributed by atoms with Crippen LogP contribution in [0.2, 0.25) is 0 Å². The Labute approximate surface area is 184 Å². The van der Waals surface area contributed by atoms with Gasteiger partial charge >= 0.3 is 0 Å². The number of amides is 2. The zero-order valence-corrected chi connectivity index (χ0v) is 18.0. The van der Waals surface area contributed by atoms with Crippen molar-refractivity contribution in [3.63, 3.8) is 0 Å². The maximum atomic E-state index is 13.5. The van der Waals surface area contributed by atoms with Crippen LogP contribution in [0.5, 0.6) is 0 Å². The van der Waals surface area contributed by atoms with Crippen LogP contribution in [0.1, 0.15) is 39.9 Å². The molecule has 1 heterocycles. The van der Waals surface area contributed by atoms with Crippen molar-refractivity contribution in [3.05, 3.63) is 101 Å². The zero-order valence-electron chi connectivity index (χ0n) is 18.0. The SMILES string of the molecule is Cc1ccc(C(=O)N(Cc2ccccc2)c2cccc(CC(=O)N3CCCC3)c2)cc1. The summed E-state index contributed by atoms with van der Waals surface area (Å²) in [6.07, 6.45) is 2.54. The van der Waals surface area contributed by atoms with Crippen LogP contribution in [0.3, 0.4) is 0 Å². The largest absolute Gasteiger partial charge is 0.342 e. The number of aryl methyl sites for hydroxylation is 1. The maximum absolute atomic E-state index is 13.5. The second-order valence-corrected chi connectivity index (χ2v) is 8.18. The number of rotatable bonds is 6. The van der Waals surface area contributed by atoms with Gasteiger partial charge in [0, 0.05) is 24.3 Å². The number of benzene rings is 3. The number of hydrogen-bond donors (Lipinski definition) is 0. The molecule has 0 unspecified atom stereocenters. The number of hydrogen-bond acceptors (Lipinski definition) is 2. The van der Waals surface area contributed by atoms with Gasteiger partial charge in [0.2, 0.25) is 5.91 Å². The van der Waals surface area contributed by atoms with Gasteiger partial charge in [-0.3, -0.25) is 9.59 Å². The second kappa shape index (κ2) is 9.61. The van der Waals surface area contributed by atoms with Gasteiger partial charge in [-0.15, -0.1) is 0 Å². The van der Waals surface area contributed by atoms with Crippen LogP contribution in [0.15, 0.2) is 78.9 Å². The van der Waals surface area contributed by atoms with Crippen molar-refractivity contribution in [3.8, 4) is 0 Å². The molecule has 31 heavy (non-hydrogen) atoms. The van der Waals surface area contributed by atoms with Gasteiger partial charge < -0.3 is 9.80 Å². The predicted octanol–water partition coefficient (Wildman–Crippen LogP) is 5.01. The van der Waals surface area contributed by atoms with E-state index in [1.807, 2.05) is 90.7 Å². The molecule has 0 atom stereocenters. The van der Waals surface area contributed by atoms with Crippen molar-refractivity contribution in [1.29, 1.82) is 0 Å². The molecule has 0 bridgehead atoms. The first-order valence-electron chi connectivity index (χ1n) is 10.9. The Kier molecular flexibility index (Phi) is 6.46. The fraction of sp³-hybridized carbons (Fsp3) is 0.259. The lowest BCUT2D eigenvalue weighted by Gasteiger charge is -2.24. The van der Waals surface area contributed by atoms with Gasteiger partial charge in [0.05, 0.1) is 13.0 Å². The summed E-state index contributed by atoms with van der Waals surface area (Å²) in [4.78, 5) is 29.8. The summed E-state index contributed by atoms with van der Waals surface area (Å²) in [7, 11) is 0. The summed E-state index contributed by atoms with van der Waals surface area (Å²) >= 11 is 0. The molecular weight excluding hydrogens is 384 g/mol. The number of nitrogens with zero attached hydrogens (tertiary/aromatic N) is 2. The summed E-state index contributed by atoms with van der Waals surface area (Å²) < 4.78 is 0. The lowest BCUT2D eigenvalue weighted by molar-refractivity contribution is -0.129. The van der Waals surface area contributed by atoms with Crippen molar-refractivity contribution in [2.45, 2.75) is 32.7 Å². The molecule has 3 aromatic rings. The molecule has 0 aromatic heterocycles. The van der Waals surface area contributed by atoms with Crippen molar-refractivity contribution in [1.82, 2.24) is 4.90 Å². The Morgan fingerprint density at radius 1 is 0.839 bits per heavy atom. The first-order chi connectivity index (χ1) is 15.1. The highest BCUT2D eigenvalue weighted by molar-refractivity contribution is 6.06. The van der Waals surface area contributed by atoms with Crippen LogP contribution in [-0.2, 0) is 17.8 Å². The van der Waals surface area contributed by atoms with E-state index in [0.717, 1.165) is 48.3 Å². The molecule has 3 aromatic carbocycles. The van der Waals surface area contributed by atoms with Crippen LogP contribution in [0.4, 0.5) is 5.69 Å². The number of carbonyl (C=O) groups is 2. The summed E-state index contributed by atoms with van der Waals surface area (Å²) in [6.45, 7) is 4.18. The van der Waals surface area contributed by atoms with Crippen LogP contribution in [-0.4, -0.2) is 29.8 Å². The fourth-order valence-corrected chi connectivity index (χ4v) is 3.99. The second-order valence-electron chi connectivity index (χ2n) is 8.18. The third-order valence-electron chi connectivity index (χ3n) is 5.76. The van der Waals surface area contributed by atoms with Gasteiger partial charge in [-0.25, -0.2) is 0 Å². The smallest absolute Gasteiger partial charge is 0.258 e. The van der Waals surface area contributed by atoms with E-state index in [-0.39, 0.29) is 11.8 Å². The summed E-state index contributed by atoms with van der Waals surface area (Å²) in [5.74, 6) is 0.112. The molecule has 158 valence electrons. The summed E-state index contributed by atoms with van der Waals surface area (Å²) in [5, 5.41) is 0. The average Bonchev–Trinajstić information content (AvgIpc) is 3.34. The molecule has 0 aliphatic carbocycles. The van der Waals surface area contributed by atoms with E-state index in [9.17, 15) is 9.59 Å². The quantitative estimate of drug-likeness (QED) is 0.571. The highest BCUT2D eigenvalue weighted by atomic mass is 16.2. The Hall–Kier alpha value is -3.40. The normalized spacial score (nSPS) is 13.3. The van der Waals surface area contributed by atoms with Gasteiger partial charge in [0.1, 0.15) is 0 Å². The molecule has 0 spiro atoms. The molecule has 4 nitrogen and oxygen atoms in total. The van der Waals surface area contributed by atoms with E-state index in [4.69, 9.17) is 0 Å². The predicted molar refractivity (Wildman–Crippen MR) is 124 cm³/mol. The van der Waals surface area contributed by atoms with E-state index < -0.39 is 0 Å². The van der Waals surface area contributed by atoms with E-state index in [1.165, 1.54) is 0 Å². The molecular formula is C27H28N2O2. The molecule has 0 N–H and O–H groups in total. The van der Waals surface area contributed by atoms with Crippen LogP contribution in [0, 0.1) is 6.92 Å². The van der Waals surface area contributed by atoms with Crippen LogP contribution < -0.4 is 4.90 Å². The summed E-state index contributed by atoms with van der Waals surface area (Å²) in [5.41, 5.74) is 4.57. The van der Waals surface area contributed by atoms with E-state index in [1.54, 1.807) is 4.90 Å². The van der Waals surface area contributed by atoms with E-state index >= 15 is 0 Å². The van der Waals surface area contributed by atoms with E-state index in [2.05, 4.69) is 0 Å². The maximum Gasteiger partial charge on any atom is 0.258 e. The molecule has 0 saturated carbocycles. The van der Waals surface area contributed by atoms with Gasteiger partial charge in [-0.1, -0.05) is 60.2 Å². The molecule has 1 fully saturated rings. The Morgan fingerprint density at radius 3 is 2.23 bits per heavy atom. The molecule has 1 aliphatic heterocycles. The molecule has 1 aliphatic rings. The van der Waals surface area contributed by atoms with Gasteiger partial charge in [-0.2, -0.15) is 0 Å². The van der Waals surface area contributed by atoms with Crippen LogP contribution >= 0.6 is 0 Å². The number of carbonyl (C=O) groups excluding carboxylic acids is 2. The zero-order chi connectivity index (χ0) is 21.6. The van der Waals surface area contributed by atoms with Gasteiger partial charge in [0.25, 0.3) is 5.91 Å². The molecule has 2 amide bonds. The van der Waals surface area contributed by atoms with Crippen molar-refractivity contribution in [2.75, 3.05) is 18.0 Å². The lowest BCUT2D eigenvalue weighted by Crippen LogP contribution is -2.31. The first-order valence-corrected chi connectivity index (χ1v) is 10.9. The third kappa shape index (κ3) is 5.21. The Morgan fingerprint density at radius 2 is 1.52 bits per heavy atom. The number of likely N-dealkylation sites (tertiary alicyclic amines) is 1. The van der Waals surface area contributed by atoms with Crippen molar-refractivity contribution in [2.24, 2.45) is 0 Å². The van der Waals surface area contributed by atoms with E-state index in [0.29, 0.717) is 18.5 Å². The highest BCUT2D eigenvalue weighted by Gasteiger charge is 2.21. The Bertz CT molecular complexity index is 1040. The lowest BCUT2D eigenvalue weighted by atomic mass is 10.1. The topological polar surface area (TPSA) is 40.6 Å². The van der Waals surface area contributed by atoms with Gasteiger partial charge in [0.15, 0.2) is 0 Å². The minimum absolute atomic E-state index is 0.0492. The van der Waals surface area contributed by atoms with Crippen molar-refractivity contribution >= 4 is 17.5 Å². The van der Waals surface area contributed by atoms with Crippen LogP contribution in [0.25, 0.3) is 0 Å². The van der Waals surface area contributed by atoms with Crippen molar-refractivity contribution < 1.29 is 9.59 Å². The monoisotopic (exact) mass is 412 g/mol. The summed E-state index contributed by atoms with van der Waals surface area (Å²) in [6, 6.07) is 25.5. The Balaban J connectivity index is 1.61. The standard InChI is InChI=1S/C27H28N2O2/c1-21-12-14-24(15-13-21)27(31)29(20-22-8-3-2-4-9-22)25-11-7-10-23(18-25)19-26(30)28-16-5-6-17-28/h2-4,7-15,18H,5-6,16-17,19-20H2,1H3. The first kappa shape index (κ1) is 20.9. The molecule has 1 saturated heterocycles. The third-order valence-corrected chi connectivity index (χ3v) is 5.76. The minimum Gasteiger partial charge on any atom is -0.342 e. The van der Waals surface area contributed by atoms with Gasteiger partial charge in [-0.05, 0) is 55.2 Å².